The van der Waals surface area contributed by atoms with Gasteiger partial charge in [-0.1, -0.05) is 24.3 Å². The molecule has 39 heavy (non-hydrogen) atoms. The zero-order chi connectivity index (χ0) is 28.2. The summed E-state index contributed by atoms with van der Waals surface area (Å²) in [6.07, 6.45) is -1.12. The molecule has 0 bridgehead atoms. The van der Waals surface area contributed by atoms with E-state index in [0.717, 1.165) is 11.3 Å². The van der Waals surface area contributed by atoms with Crippen LogP contribution in [-0.2, 0) is 33.5 Å². The second-order valence-corrected chi connectivity index (χ2v) is 11.5. The number of aryl methyl sites for hydroxylation is 1. The Morgan fingerprint density at radius 2 is 1.79 bits per heavy atom. The van der Waals surface area contributed by atoms with E-state index in [-0.39, 0.29) is 31.7 Å². The van der Waals surface area contributed by atoms with Crippen LogP contribution in [0.3, 0.4) is 0 Å². The number of aromatic nitrogens is 1. The molecular weight excluding hydrogens is 516 g/mol. The molecule has 2 fully saturated rings. The standard InChI is InChI=1S/C29H32F4N2O4/c1-26(30,29(31,32)33)20-6-7-22-19(16-20)5-8-23-27(22,17-21-4-2-3-14-34-21)13-15-35(23)25(38)28(39)11-9-18(10-12-28)24(36)37/h2-4,6-7,14,16,18,23,39H,5,8-13,15,17H2,1H3,(H,36,37). The van der Waals surface area contributed by atoms with Crippen molar-refractivity contribution in [3.8, 4) is 0 Å². The van der Waals surface area contributed by atoms with Crippen LogP contribution in [0.25, 0.3) is 0 Å². The molecule has 2 heterocycles. The predicted molar refractivity (Wildman–Crippen MR) is 134 cm³/mol. The van der Waals surface area contributed by atoms with Gasteiger partial charge in [-0.25, -0.2) is 4.39 Å². The van der Waals surface area contributed by atoms with Gasteiger partial charge in [-0.3, -0.25) is 14.6 Å². The van der Waals surface area contributed by atoms with E-state index in [1.165, 1.54) is 12.1 Å². The number of benzene rings is 1. The number of pyridine rings is 1. The molecule has 10 heteroatoms. The lowest BCUT2D eigenvalue weighted by molar-refractivity contribution is -0.228. The van der Waals surface area contributed by atoms with Gasteiger partial charge in [0.2, 0.25) is 5.67 Å². The Labute approximate surface area is 224 Å². The van der Waals surface area contributed by atoms with Crippen molar-refractivity contribution >= 4 is 11.9 Å². The van der Waals surface area contributed by atoms with E-state index in [1.807, 2.05) is 12.1 Å². The quantitative estimate of drug-likeness (QED) is 0.521. The van der Waals surface area contributed by atoms with Gasteiger partial charge >= 0.3 is 12.1 Å². The summed E-state index contributed by atoms with van der Waals surface area (Å²) in [5.74, 6) is -1.94. The lowest BCUT2D eigenvalue weighted by atomic mass is 9.64. The van der Waals surface area contributed by atoms with E-state index in [0.29, 0.717) is 44.7 Å². The van der Waals surface area contributed by atoms with Crippen molar-refractivity contribution in [1.29, 1.82) is 0 Å². The number of carbonyl (C=O) groups is 2. The molecule has 0 radical (unpaired) electrons. The largest absolute Gasteiger partial charge is 0.481 e. The van der Waals surface area contributed by atoms with Gasteiger partial charge in [-0.15, -0.1) is 0 Å². The summed E-state index contributed by atoms with van der Waals surface area (Å²) in [7, 11) is 0. The number of rotatable bonds is 5. The van der Waals surface area contributed by atoms with Crippen molar-refractivity contribution in [1.82, 2.24) is 9.88 Å². The molecule has 2 aromatic rings. The van der Waals surface area contributed by atoms with Gasteiger partial charge < -0.3 is 15.1 Å². The number of nitrogens with zero attached hydrogens (tertiary/aromatic N) is 2. The molecule has 0 spiro atoms. The summed E-state index contributed by atoms with van der Waals surface area (Å²) in [6, 6.07) is 9.23. The number of carboxylic acid groups (broad SMARTS) is 1. The van der Waals surface area contributed by atoms with Crippen LogP contribution in [0, 0.1) is 5.92 Å². The summed E-state index contributed by atoms with van der Waals surface area (Å²) < 4.78 is 55.3. The molecule has 5 rings (SSSR count). The lowest BCUT2D eigenvalue weighted by Crippen LogP contribution is -2.56. The summed E-state index contributed by atoms with van der Waals surface area (Å²) in [6.45, 7) is 0.866. The fourth-order valence-corrected chi connectivity index (χ4v) is 6.92. The maximum absolute atomic E-state index is 14.9. The first kappa shape index (κ1) is 27.6. The van der Waals surface area contributed by atoms with Gasteiger partial charge in [0.1, 0.15) is 5.60 Å². The van der Waals surface area contributed by atoms with E-state index >= 15 is 0 Å². The maximum Gasteiger partial charge on any atom is 0.426 e. The van der Waals surface area contributed by atoms with Crippen LogP contribution in [0.15, 0.2) is 42.6 Å². The number of aliphatic hydroxyl groups is 1. The highest BCUT2D eigenvalue weighted by Crippen LogP contribution is 2.51. The number of hydrogen-bond acceptors (Lipinski definition) is 4. The molecule has 1 aromatic carbocycles. The first-order chi connectivity index (χ1) is 18.3. The highest BCUT2D eigenvalue weighted by atomic mass is 19.4. The number of carbonyl (C=O) groups excluding carboxylic acids is 1. The number of hydrogen-bond donors (Lipinski definition) is 2. The fraction of sp³-hybridized carbons (Fsp3) is 0.552. The van der Waals surface area contributed by atoms with Gasteiger partial charge in [0.25, 0.3) is 5.91 Å². The van der Waals surface area contributed by atoms with Crippen LogP contribution >= 0.6 is 0 Å². The Bertz CT molecular complexity index is 1260. The molecule has 2 aliphatic carbocycles. The Hall–Kier alpha value is -3.01. The number of aliphatic carboxylic acids is 1. The Kier molecular flexibility index (Phi) is 6.76. The predicted octanol–water partition coefficient (Wildman–Crippen LogP) is 4.86. The van der Waals surface area contributed by atoms with Crippen molar-refractivity contribution in [2.45, 2.75) is 87.2 Å². The number of amides is 1. The van der Waals surface area contributed by atoms with E-state index in [4.69, 9.17) is 0 Å². The van der Waals surface area contributed by atoms with Crippen LogP contribution in [0.4, 0.5) is 17.6 Å². The normalized spacial score (nSPS) is 30.3. The van der Waals surface area contributed by atoms with Crippen molar-refractivity contribution in [2.75, 3.05) is 6.54 Å². The topological polar surface area (TPSA) is 90.7 Å². The minimum atomic E-state index is -5.06. The van der Waals surface area contributed by atoms with Gasteiger partial charge in [0, 0.05) is 36.3 Å². The second kappa shape index (κ2) is 9.57. The molecule has 3 unspecified atom stereocenters. The van der Waals surface area contributed by atoms with Gasteiger partial charge in [-0.05, 0) is 80.7 Å². The third-order valence-electron chi connectivity index (χ3n) is 9.26. The van der Waals surface area contributed by atoms with Crippen LogP contribution in [0.2, 0.25) is 0 Å². The molecule has 1 amide bonds. The first-order valence-electron chi connectivity index (χ1n) is 13.3. The van der Waals surface area contributed by atoms with Crippen molar-refractivity contribution in [2.24, 2.45) is 5.92 Å². The van der Waals surface area contributed by atoms with Gasteiger partial charge in [0.15, 0.2) is 0 Å². The maximum atomic E-state index is 14.9. The first-order valence-corrected chi connectivity index (χ1v) is 13.3. The van der Waals surface area contributed by atoms with Crippen molar-refractivity contribution in [3.05, 3.63) is 65.0 Å². The molecule has 3 aliphatic rings. The molecule has 6 nitrogen and oxygen atoms in total. The van der Waals surface area contributed by atoms with Crippen LogP contribution in [0.1, 0.15) is 67.8 Å². The van der Waals surface area contributed by atoms with E-state index in [2.05, 4.69) is 4.98 Å². The average Bonchev–Trinajstić information content (AvgIpc) is 3.27. The highest BCUT2D eigenvalue weighted by Gasteiger charge is 2.57. The molecule has 1 saturated heterocycles. The zero-order valence-corrected chi connectivity index (χ0v) is 21.7. The van der Waals surface area contributed by atoms with Crippen LogP contribution in [0.5, 0.6) is 0 Å². The summed E-state index contributed by atoms with van der Waals surface area (Å²) in [5, 5.41) is 20.6. The molecule has 1 saturated carbocycles. The number of halogens is 4. The summed E-state index contributed by atoms with van der Waals surface area (Å²) >= 11 is 0. The number of likely N-dealkylation sites (tertiary alicyclic amines) is 1. The molecule has 1 aliphatic heterocycles. The Morgan fingerprint density at radius 3 is 2.41 bits per heavy atom. The Balaban J connectivity index is 1.51. The van der Waals surface area contributed by atoms with Crippen molar-refractivity contribution in [3.63, 3.8) is 0 Å². The average molecular weight is 549 g/mol. The zero-order valence-electron chi connectivity index (χ0n) is 21.7. The molecular formula is C29H32F4N2O4. The minimum Gasteiger partial charge on any atom is -0.481 e. The van der Waals surface area contributed by atoms with Crippen molar-refractivity contribution < 1.29 is 37.4 Å². The summed E-state index contributed by atoms with van der Waals surface area (Å²) in [4.78, 5) is 31.3. The fourth-order valence-electron chi connectivity index (χ4n) is 6.92. The van der Waals surface area contributed by atoms with E-state index in [9.17, 15) is 37.4 Å². The highest BCUT2D eigenvalue weighted by molar-refractivity contribution is 5.86. The number of carboxylic acids is 1. The SMILES string of the molecule is CC(F)(c1ccc2c(c1)CCC1N(C(=O)C3(O)CCC(C(=O)O)CC3)CCC21Cc1ccccn1)C(F)(F)F. The lowest BCUT2D eigenvalue weighted by Gasteiger charge is -2.45. The summed E-state index contributed by atoms with van der Waals surface area (Å²) in [5.41, 5.74) is -4.10. The van der Waals surface area contributed by atoms with Crippen LogP contribution < -0.4 is 0 Å². The van der Waals surface area contributed by atoms with Gasteiger partial charge in [0.05, 0.1) is 5.92 Å². The molecule has 1 aromatic heterocycles. The molecule has 210 valence electrons. The molecule has 3 atom stereocenters. The third kappa shape index (κ3) is 4.60. The van der Waals surface area contributed by atoms with Gasteiger partial charge in [-0.2, -0.15) is 13.2 Å². The molecule has 2 N–H and O–H groups in total. The number of fused-ring (bicyclic) bond motifs is 3. The van der Waals surface area contributed by atoms with E-state index < -0.39 is 46.2 Å². The minimum absolute atomic E-state index is 0.0612. The smallest absolute Gasteiger partial charge is 0.426 e. The monoisotopic (exact) mass is 548 g/mol. The van der Waals surface area contributed by atoms with Crippen LogP contribution in [-0.4, -0.2) is 56.3 Å². The number of alkyl halides is 4. The Morgan fingerprint density at radius 1 is 1.08 bits per heavy atom. The second-order valence-electron chi connectivity index (χ2n) is 11.5. The third-order valence-corrected chi connectivity index (χ3v) is 9.26. The van der Waals surface area contributed by atoms with E-state index in [1.54, 1.807) is 23.2 Å².